The second kappa shape index (κ2) is 5.14. The second-order valence-electron chi connectivity index (χ2n) is 3.79. The van der Waals surface area contributed by atoms with Crippen molar-refractivity contribution in [1.29, 1.82) is 0 Å². The first-order valence-electron chi connectivity index (χ1n) is 5.51. The van der Waals surface area contributed by atoms with Crippen LogP contribution in [0, 0.1) is 0 Å². The summed E-state index contributed by atoms with van der Waals surface area (Å²) in [5.74, 6) is -0.705. The van der Waals surface area contributed by atoms with Gasteiger partial charge in [-0.2, -0.15) is 5.10 Å². The molecule has 8 heteroatoms. The number of aromatic nitrogens is 4. The first-order chi connectivity index (χ1) is 9.65. The van der Waals surface area contributed by atoms with Crippen LogP contribution in [0.5, 0.6) is 0 Å². The van der Waals surface area contributed by atoms with Crippen LogP contribution >= 0.6 is 27.3 Å². The average Bonchev–Trinajstić information content (AvgIpc) is 3.05. The van der Waals surface area contributed by atoms with E-state index < -0.39 is 5.97 Å². The summed E-state index contributed by atoms with van der Waals surface area (Å²) < 4.78 is 2.28. The Labute approximate surface area is 125 Å². The zero-order chi connectivity index (χ0) is 14.1. The van der Waals surface area contributed by atoms with E-state index in [1.165, 1.54) is 22.2 Å². The minimum atomic E-state index is -1.04. The first-order valence-corrected chi connectivity index (χ1v) is 7.12. The third-order valence-corrected chi connectivity index (χ3v) is 4.14. The van der Waals surface area contributed by atoms with Crippen LogP contribution in [0.1, 0.15) is 10.4 Å². The Bertz CT molecular complexity index is 769. The fourth-order valence-corrected chi connectivity index (χ4v) is 3.05. The normalized spacial score (nSPS) is 10.7. The van der Waals surface area contributed by atoms with E-state index in [4.69, 9.17) is 0 Å². The highest BCUT2D eigenvalue weighted by molar-refractivity contribution is 9.11. The molecule has 6 nitrogen and oxygen atoms in total. The highest BCUT2D eigenvalue weighted by Crippen LogP contribution is 2.32. The molecule has 0 spiro atoms. The maximum atomic E-state index is 11.3. The number of carboxylic acid groups (broad SMARTS) is 1. The van der Waals surface area contributed by atoms with Crippen molar-refractivity contribution in [3.8, 4) is 16.5 Å². The zero-order valence-electron chi connectivity index (χ0n) is 9.89. The topological polar surface area (TPSA) is 80.9 Å². The molecule has 20 heavy (non-hydrogen) atoms. The van der Waals surface area contributed by atoms with Gasteiger partial charge in [0.05, 0.1) is 8.66 Å². The Hall–Kier alpha value is -2.06. The van der Waals surface area contributed by atoms with Crippen LogP contribution in [-0.4, -0.2) is 30.8 Å². The number of halogens is 1. The van der Waals surface area contributed by atoms with Gasteiger partial charge in [0.25, 0.3) is 0 Å². The van der Waals surface area contributed by atoms with Gasteiger partial charge in [0.2, 0.25) is 5.95 Å². The standard InChI is InChI=1S/C12H7BrN4O2S/c13-9-3-2-8(20-9)10-7(11(18)19)6-17(16-10)12-14-4-1-5-15-12/h1-6H,(H,18,19). The predicted molar refractivity (Wildman–Crippen MR) is 77.1 cm³/mol. The lowest BCUT2D eigenvalue weighted by Gasteiger charge is -1.96. The number of nitrogens with zero attached hydrogens (tertiary/aromatic N) is 4. The summed E-state index contributed by atoms with van der Waals surface area (Å²) in [5.41, 5.74) is 0.521. The van der Waals surface area contributed by atoms with Gasteiger partial charge in [-0.1, -0.05) is 0 Å². The van der Waals surface area contributed by atoms with Crippen LogP contribution in [0.15, 0.2) is 40.6 Å². The van der Waals surface area contributed by atoms with Crippen molar-refractivity contribution in [2.24, 2.45) is 0 Å². The molecule has 1 N–H and O–H groups in total. The van der Waals surface area contributed by atoms with Gasteiger partial charge in [0.1, 0.15) is 11.3 Å². The van der Waals surface area contributed by atoms with E-state index in [0.29, 0.717) is 11.6 Å². The molecule has 0 radical (unpaired) electrons. The van der Waals surface area contributed by atoms with Crippen LogP contribution in [-0.2, 0) is 0 Å². The summed E-state index contributed by atoms with van der Waals surface area (Å²) in [6, 6.07) is 5.35. The van der Waals surface area contributed by atoms with Gasteiger partial charge < -0.3 is 5.11 Å². The molecule has 0 amide bonds. The van der Waals surface area contributed by atoms with E-state index in [2.05, 4.69) is 31.0 Å². The molecule has 3 aromatic heterocycles. The number of thiophene rings is 1. The van der Waals surface area contributed by atoms with E-state index in [9.17, 15) is 9.90 Å². The molecule has 3 rings (SSSR count). The van der Waals surface area contributed by atoms with Crippen molar-refractivity contribution in [2.45, 2.75) is 0 Å². The van der Waals surface area contributed by atoms with Crippen molar-refractivity contribution in [3.05, 3.63) is 46.1 Å². The van der Waals surface area contributed by atoms with Crippen LogP contribution < -0.4 is 0 Å². The maximum Gasteiger partial charge on any atom is 0.339 e. The molecular formula is C12H7BrN4O2S. The largest absolute Gasteiger partial charge is 0.478 e. The summed E-state index contributed by atoms with van der Waals surface area (Å²) >= 11 is 4.77. The van der Waals surface area contributed by atoms with Crippen LogP contribution in [0.2, 0.25) is 0 Å². The molecule has 0 unspecified atom stereocenters. The van der Waals surface area contributed by atoms with Crippen LogP contribution in [0.4, 0.5) is 0 Å². The third-order valence-electron chi connectivity index (χ3n) is 2.51. The minimum Gasteiger partial charge on any atom is -0.478 e. The minimum absolute atomic E-state index is 0.117. The number of aromatic carboxylic acids is 1. The molecule has 0 atom stereocenters. The average molecular weight is 351 g/mol. The molecule has 100 valence electrons. The molecule has 0 saturated carbocycles. The Morgan fingerprint density at radius 2 is 2.05 bits per heavy atom. The first kappa shape index (κ1) is 12.9. The van der Waals surface area contributed by atoms with Crippen LogP contribution in [0.3, 0.4) is 0 Å². The smallest absolute Gasteiger partial charge is 0.339 e. The van der Waals surface area contributed by atoms with E-state index in [0.717, 1.165) is 8.66 Å². The van der Waals surface area contributed by atoms with Crippen molar-refractivity contribution in [1.82, 2.24) is 19.7 Å². The Balaban J connectivity index is 2.15. The van der Waals surface area contributed by atoms with E-state index in [1.807, 2.05) is 12.1 Å². The molecule has 3 heterocycles. The Morgan fingerprint density at radius 1 is 1.30 bits per heavy atom. The lowest BCUT2D eigenvalue weighted by molar-refractivity contribution is 0.0697. The number of rotatable bonds is 3. The molecule has 0 aliphatic heterocycles. The van der Waals surface area contributed by atoms with E-state index in [-0.39, 0.29) is 5.56 Å². The monoisotopic (exact) mass is 350 g/mol. The van der Waals surface area contributed by atoms with Crippen LogP contribution in [0.25, 0.3) is 16.5 Å². The fraction of sp³-hybridized carbons (Fsp3) is 0. The second-order valence-corrected chi connectivity index (χ2v) is 6.26. The summed E-state index contributed by atoms with van der Waals surface area (Å²) in [4.78, 5) is 20.2. The molecule has 3 aromatic rings. The maximum absolute atomic E-state index is 11.3. The lowest BCUT2D eigenvalue weighted by atomic mass is 10.2. The molecule has 0 aliphatic carbocycles. The highest BCUT2D eigenvalue weighted by Gasteiger charge is 2.19. The molecule has 0 aromatic carbocycles. The highest BCUT2D eigenvalue weighted by atomic mass is 79.9. The van der Waals surface area contributed by atoms with Gasteiger partial charge in [-0.05, 0) is 34.1 Å². The number of carbonyl (C=O) groups is 1. The SMILES string of the molecule is O=C(O)c1cn(-c2ncccn2)nc1-c1ccc(Br)s1. The fourth-order valence-electron chi connectivity index (χ4n) is 1.67. The van der Waals surface area contributed by atoms with Crippen molar-refractivity contribution >= 4 is 33.2 Å². The number of hydrogen-bond donors (Lipinski definition) is 1. The van der Waals surface area contributed by atoms with Crippen molar-refractivity contribution in [2.75, 3.05) is 0 Å². The number of hydrogen-bond acceptors (Lipinski definition) is 5. The zero-order valence-corrected chi connectivity index (χ0v) is 12.3. The third kappa shape index (κ3) is 2.35. The summed E-state index contributed by atoms with van der Waals surface area (Å²) in [5, 5.41) is 13.6. The Morgan fingerprint density at radius 3 is 2.65 bits per heavy atom. The molecule has 0 bridgehead atoms. The molecule has 0 aliphatic rings. The van der Waals surface area contributed by atoms with Gasteiger partial charge in [-0.3, -0.25) is 0 Å². The van der Waals surface area contributed by atoms with Gasteiger partial charge >= 0.3 is 5.97 Å². The van der Waals surface area contributed by atoms with E-state index >= 15 is 0 Å². The van der Waals surface area contributed by atoms with Gasteiger partial charge in [-0.15, -0.1) is 11.3 Å². The molecule has 0 fully saturated rings. The van der Waals surface area contributed by atoms with E-state index in [1.54, 1.807) is 18.5 Å². The van der Waals surface area contributed by atoms with Crippen molar-refractivity contribution in [3.63, 3.8) is 0 Å². The summed E-state index contributed by atoms with van der Waals surface area (Å²) in [7, 11) is 0. The van der Waals surface area contributed by atoms with Crippen molar-refractivity contribution < 1.29 is 9.90 Å². The predicted octanol–water partition coefficient (Wildman–Crippen LogP) is 2.85. The number of carboxylic acids is 1. The van der Waals surface area contributed by atoms with Gasteiger partial charge in [0.15, 0.2) is 0 Å². The quantitative estimate of drug-likeness (QED) is 0.785. The summed E-state index contributed by atoms with van der Waals surface area (Å²) in [6.45, 7) is 0. The van der Waals surface area contributed by atoms with Gasteiger partial charge in [0, 0.05) is 18.6 Å². The summed E-state index contributed by atoms with van der Waals surface area (Å²) in [6.07, 6.45) is 4.57. The molecule has 0 saturated heterocycles. The molecular weight excluding hydrogens is 344 g/mol. The Kier molecular flexibility index (Phi) is 3.33. The lowest BCUT2D eigenvalue weighted by Crippen LogP contribution is -2.00. The van der Waals surface area contributed by atoms with Gasteiger partial charge in [-0.25, -0.2) is 19.4 Å².